The van der Waals surface area contributed by atoms with Crippen molar-refractivity contribution < 1.29 is 13.5 Å². The van der Waals surface area contributed by atoms with Gasteiger partial charge in [0.25, 0.3) is 0 Å². The fourth-order valence-electron chi connectivity index (χ4n) is 3.26. The highest BCUT2D eigenvalue weighted by Gasteiger charge is 2.33. The molecule has 0 spiro atoms. The van der Waals surface area contributed by atoms with Gasteiger partial charge in [-0.25, -0.2) is 8.78 Å². The van der Waals surface area contributed by atoms with Gasteiger partial charge in [0.05, 0.1) is 6.10 Å². The van der Waals surface area contributed by atoms with Gasteiger partial charge in [0, 0.05) is 6.61 Å². The smallest absolute Gasteiger partial charge is 0.162 e. The second-order valence-corrected chi connectivity index (χ2v) is 5.45. The van der Waals surface area contributed by atoms with E-state index in [1.165, 1.54) is 12.5 Å². The van der Waals surface area contributed by atoms with Crippen LogP contribution in [-0.2, 0) is 4.74 Å². The number of rotatable bonds is 2. The largest absolute Gasteiger partial charge is 0.378 e. The molecule has 0 N–H and O–H groups in total. The summed E-state index contributed by atoms with van der Waals surface area (Å²) in [6, 6.07) is 4.52. The van der Waals surface area contributed by atoms with E-state index in [-0.39, 0.29) is 5.92 Å². The SMILES string of the molecule is Fc1cccc(C2CCC(C3CCO3)CC2)c1F. The van der Waals surface area contributed by atoms with E-state index in [0.717, 1.165) is 32.3 Å². The molecule has 1 aromatic carbocycles. The molecule has 2 aliphatic rings. The van der Waals surface area contributed by atoms with E-state index in [2.05, 4.69) is 0 Å². The molecule has 1 atom stereocenters. The summed E-state index contributed by atoms with van der Waals surface area (Å²) in [7, 11) is 0. The van der Waals surface area contributed by atoms with Crippen LogP contribution in [0.4, 0.5) is 8.78 Å². The van der Waals surface area contributed by atoms with Gasteiger partial charge in [-0.15, -0.1) is 0 Å². The predicted molar refractivity (Wildman–Crippen MR) is 65.4 cm³/mol. The highest BCUT2D eigenvalue weighted by atomic mass is 19.2. The zero-order chi connectivity index (χ0) is 12.5. The number of benzene rings is 1. The van der Waals surface area contributed by atoms with E-state index in [9.17, 15) is 8.78 Å². The Morgan fingerprint density at radius 1 is 1.00 bits per heavy atom. The molecule has 0 amide bonds. The molecule has 2 fully saturated rings. The van der Waals surface area contributed by atoms with E-state index in [0.29, 0.717) is 17.6 Å². The number of hydrogen-bond acceptors (Lipinski definition) is 1. The van der Waals surface area contributed by atoms with Crippen molar-refractivity contribution in [3.05, 3.63) is 35.4 Å². The summed E-state index contributed by atoms with van der Waals surface area (Å²) in [6.07, 6.45) is 5.65. The summed E-state index contributed by atoms with van der Waals surface area (Å²) in [5.41, 5.74) is 0.558. The molecular weight excluding hydrogens is 234 g/mol. The predicted octanol–water partition coefficient (Wildman–Crippen LogP) is 4.03. The average molecular weight is 252 g/mol. The molecule has 1 saturated carbocycles. The maximum absolute atomic E-state index is 13.7. The molecule has 1 aliphatic carbocycles. The van der Waals surface area contributed by atoms with Crippen molar-refractivity contribution in [3.8, 4) is 0 Å². The first-order valence-electron chi connectivity index (χ1n) is 6.81. The van der Waals surface area contributed by atoms with E-state index in [1.807, 2.05) is 0 Å². The molecule has 1 nitrogen and oxygen atoms in total. The first kappa shape index (κ1) is 12.1. The Labute approximate surface area is 106 Å². The maximum atomic E-state index is 13.7. The third kappa shape index (κ3) is 2.16. The minimum Gasteiger partial charge on any atom is -0.378 e. The molecular formula is C15H18F2O. The minimum atomic E-state index is -0.725. The lowest BCUT2D eigenvalue weighted by molar-refractivity contribution is -0.0930. The van der Waals surface area contributed by atoms with Gasteiger partial charge in [-0.3, -0.25) is 0 Å². The Balaban J connectivity index is 1.66. The Hall–Kier alpha value is -0.960. The Morgan fingerprint density at radius 3 is 2.33 bits per heavy atom. The van der Waals surface area contributed by atoms with Gasteiger partial charge in [0.2, 0.25) is 0 Å². The lowest BCUT2D eigenvalue weighted by atomic mass is 9.75. The molecule has 3 rings (SSSR count). The Bertz CT molecular complexity index is 421. The van der Waals surface area contributed by atoms with Crippen molar-refractivity contribution >= 4 is 0 Å². The van der Waals surface area contributed by atoms with Gasteiger partial charge in [0.1, 0.15) is 0 Å². The van der Waals surface area contributed by atoms with Gasteiger partial charge in [0.15, 0.2) is 11.6 Å². The number of hydrogen-bond donors (Lipinski definition) is 0. The summed E-state index contributed by atoms with van der Waals surface area (Å²) in [6.45, 7) is 0.892. The van der Waals surface area contributed by atoms with Crippen LogP contribution < -0.4 is 0 Å². The van der Waals surface area contributed by atoms with E-state index in [4.69, 9.17) is 4.74 Å². The number of halogens is 2. The molecule has 1 saturated heterocycles. The highest BCUT2D eigenvalue weighted by molar-refractivity contribution is 5.23. The van der Waals surface area contributed by atoms with Gasteiger partial charge >= 0.3 is 0 Å². The molecule has 1 heterocycles. The van der Waals surface area contributed by atoms with Crippen LogP contribution in [-0.4, -0.2) is 12.7 Å². The van der Waals surface area contributed by atoms with E-state index >= 15 is 0 Å². The molecule has 3 heteroatoms. The molecule has 1 unspecified atom stereocenters. The summed E-state index contributed by atoms with van der Waals surface area (Å²) < 4.78 is 32.4. The fourth-order valence-corrected chi connectivity index (χ4v) is 3.26. The van der Waals surface area contributed by atoms with Crippen molar-refractivity contribution in [1.82, 2.24) is 0 Å². The second kappa shape index (κ2) is 4.96. The quantitative estimate of drug-likeness (QED) is 0.772. The monoisotopic (exact) mass is 252 g/mol. The zero-order valence-electron chi connectivity index (χ0n) is 10.4. The van der Waals surface area contributed by atoms with Crippen LogP contribution in [0.5, 0.6) is 0 Å². The molecule has 0 aromatic heterocycles. The molecule has 18 heavy (non-hydrogen) atoms. The van der Waals surface area contributed by atoms with Crippen molar-refractivity contribution in [2.75, 3.05) is 6.61 Å². The van der Waals surface area contributed by atoms with E-state index in [1.54, 1.807) is 12.1 Å². The third-order valence-corrected chi connectivity index (χ3v) is 4.45. The molecule has 1 aromatic rings. The average Bonchev–Trinajstić information content (AvgIpc) is 2.32. The van der Waals surface area contributed by atoms with Crippen molar-refractivity contribution in [1.29, 1.82) is 0 Å². The third-order valence-electron chi connectivity index (χ3n) is 4.45. The van der Waals surface area contributed by atoms with Crippen LogP contribution >= 0.6 is 0 Å². The van der Waals surface area contributed by atoms with E-state index < -0.39 is 11.6 Å². The summed E-state index contributed by atoms with van der Waals surface area (Å²) >= 11 is 0. The van der Waals surface area contributed by atoms with Crippen LogP contribution in [0.15, 0.2) is 18.2 Å². The first-order valence-corrected chi connectivity index (χ1v) is 6.81. The van der Waals surface area contributed by atoms with Crippen LogP contribution in [0.2, 0.25) is 0 Å². The second-order valence-electron chi connectivity index (χ2n) is 5.45. The molecule has 1 aliphatic heterocycles. The topological polar surface area (TPSA) is 9.23 Å². The highest BCUT2D eigenvalue weighted by Crippen LogP contribution is 2.40. The molecule has 0 bridgehead atoms. The lowest BCUT2D eigenvalue weighted by Gasteiger charge is -2.38. The van der Waals surface area contributed by atoms with Crippen LogP contribution in [0.3, 0.4) is 0 Å². The zero-order valence-corrected chi connectivity index (χ0v) is 10.4. The summed E-state index contributed by atoms with van der Waals surface area (Å²) in [4.78, 5) is 0. The Kier molecular flexibility index (Phi) is 3.33. The fraction of sp³-hybridized carbons (Fsp3) is 0.600. The first-order chi connectivity index (χ1) is 8.75. The molecule has 0 radical (unpaired) electrons. The maximum Gasteiger partial charge on any atom is 0.162 e. The Morgan fingerprint density at radius 2 is 1.72 bits per heavy atom. The normalized spacial score (nSPS) is 32.0. The van der Waals surface area contributed by atoms with Crippen molar-refractivity contribution in [2.24, 2.45) is 5.92 Å². The number of ether oxygens (including phenoxy) is 1. The summed E-state index contributed by atoms with van der Waals surface area (Å²) in [5, 5.41) is 0. The standard InChI is InChI=1S/C15H18F2O/c16-13-3-1-2-12(15(13)17)10-4-6-11(7-5-10)14-8-9-18-14/h1-3,10-11,14H,4-9H2. The minimum absolute atomic E-state index is 0.178. The van der Waals surface area contributed by atoms with Gasteiger partial charge in [-0.2, -0.15) is 0 Å². The van der Waals surface area contributed by atoms with Gasteiger partial charge in [-0.1, -0.05) is 12.1 Å². The van der Waals surface area contributed by atoms with Crippen LogP contribution in [0, 0.1) is 17.6 Å². The van der Waals surface area contributed by atoms with Crippen molar-refractivity contribution in [2.45, 2.75) is 44.1 Å². The van der Waals surface area contributed by atoms with Gasteiger partial charge < -0.3 is 4.74 Å². The van der Waals surface area contributed by atoms with Crippen LogP contribution in [0.25, 0.3) is 0 Å². The lowest BCUT2D eigenvalue weighted by Crippen LogP contribution is -2.36. The van der Waals surface area contributed by atoms with Crippen molar-refractivity contribution in [3.63, 3.8) is 0 Å². The van der Waals surface area contributed by atoms with Crippen LogP contribution in [0.1, 0.15) is 43.6 Å². The van der Waals surface area contributed by atoms with Gasteiger partial charge in [-0.05, 0) is 55.6 Å². The molecule has 98 valence electrons. The summed E-state index contributed by atoms with van der Waals surface area (Å²) in [5.74, 6) is -0.568.